The lowest BCUT2D eigenvalue weighted by Crippen LogP contribution is -2.13. The molecule has 1 aromatic carbocycles. The van der Waals surface area contributed by atoms with Crippen LogP contribution in [0.2, 0.25) is 5.02 Å². The summed E-state index contributed by atoms with van der Waals surface area (Å²) in [7, 11) is 0. The number of nitrogen functional groups attached to an aromatic ring is 1. The van der Waals surface area contributed by atoms with E-state index in [-0.39, 0.29) is 22.3 Å². The van der Waals surface area contributed by atoms with Crippen molar-refractivity contribution in [1.29, 1.82) is 0 Å². The Morgan fingerprint density at radius 2 is 1.88 bits per heavy atom. The molecule has 3 aromatic heterocycles. The minimum atomic E-state index is -2.81. The lowest BCUT2D eigenvalue weighted by Gasteiger charge is -2.18. The number of alkyl halides is 2. The first-order valence-corrected chi connectivity index (χ1v) is 10.7. The molecule has 0 aliphatic heterocycles. The summed E-state index contributed by atoms with van der Waals surface area (Å²) in [5.41, 5.74) is 8.60. The predicted molar refractivity (Wildman–Crippen MR) is 117 cm³/mol. The molecule has 4 aromatic rings. The fourth-order valence-electron chi connectivity index (χ4n) is 3.79. The van der Waals surface area contributed by atoms with Crippen LogP contribution in [0.1, 0.15) is 37.5 Å². The second-order valence-corrected chi connectivity index (χ2v) is 8.44. The summed E-state index contributed by atoms with van der Waals surface area (Å²) in [6.45, 7) is -2.81. The van der Waals surface area contributed by atoms with Crippen molar-refractivity contribution in [3.63, 3.8) is 0 Å². The molecule has 1 aliphatic rings. The van der Waals surface area contributed by atoms with E-state index >= 15 is 0 Å². The summed E-state index contributed by atoms with van der Waals surface area (Å²) >= 11 is 5.92. The maximum Gasteiger partial charge on any atom is 0.348 e. The number of anilines is 1. The Hall–Kier alpha value is -3.40. The number of aromatic nitrogens is 6. The first kappa shape index (κ1) is 21.4. The zero-order chi connectivity index (χ0) is 23.1. The van der Waals surface area contributed by atoms with Crippen molar-refractivity contribution >= 4 is 17.3 Å². The van der Waals surface area contributed by atoms with Gasteiger partial charge in [-0.3, -0.25) is 9.67 Å². The molecule has 0 bridgehead atoms. The second kappa shape index (κ2) is 8.51. The topological polar surface area (TPSA) is 87.4 Å². The van der Waals surface area contributed by atoms with Crippen LogP contribution >= 0.6 is 11.6 Å². The van der Waals surface area contributed by atoms with Gasteiger partial charge in [0.25, 0.3) is 0 Å². The number of hydrogen-bond acceptors (Lipinski definition) is 5. The minimum absolute atomic E-state index is 0.0114. The molecule has 0 spiro atoms. The van der Waals surface area contributed by atoms with Crippen LogP contribution in [0.4, 0.5) is 18.9 Å². The number of rotatable bonds is 7. The van der Waals surface area contributed by atoms with Gasteiger partial charge in [-0.1, -0.05) is 30.5 Å². The van der Waals surface area contributed by atoms with Crippen LogP contribution in [-0.2, 0) is 0 Å². The molecule has 1 aliphatic carbocycles. The van der Waals surface area contributed by atoms with Crippen molar-refractivity contribution in [1.82, 2.24) is 29.8 Å². The molecule has 33 heavy (non-hydrogen) atoms. The average Bonchev–Trinajstić information content (AvgIpc) is 3.27. The largest absolute Gasteiger partial charge is 0.398 e. The van der Waals surface area contributed by atoms with E-state index in [4.69, 9.17) is 17.3 Å². The number of nitrogens with zero attached hydrogens (tertiary/aromatic N) is 6. The van der Waals surface area contributed by atoms with E-state index in [1.54, 1.807) is 35.4 Å². The van der Waals surface area contributed by atoms with Crippen LogP contribution in [0.3, 0.4) is 0 Å². The molecule has 0 amide bonds. The third-order valence-electron chi connectivity index (χ3n) is 5.70. The van der Waals surface area contributed by atoms with Crippen molar-refractivity contribution < 1.29 is 13.2 Å². The van der Waals surface area contributed by atoms with Gasteiger partial charge >= 0.3 is 6.55 Å². The number of benzene rings is 1. The summed E-state index contributed by atoms with van der Waals surface area (Å²) in [4.78, 5) is 4.93. The van der Waals surface area contributed by atoms with E-state index in [9.17, 15) is 13.2 Å². The average molecular weight is 474 g/mol. The van der Waals surface area contributed by atoms with Gasteiger partial charge in [-0.05, 0) is 30.5 Å². The molecule has 170 valence electrons. The molecule has 5 rings (SSSR count). The quantitative estimate of drug-likeness (QED) is 0.365. The Kier molecular flexibility index (Phi) is 5.53. The molecule has 0 saturated heterocycles. The van der Waals surface area contributed by atoms with Crippen LogP contribution < -0.4 is 5.73 Å². The molecule has 3 heterocycles. The summed E-state index contributed by atoms with van der Waals surface area (Å²) in [5.74, 6) is -0.0286. The molecule has 11 heteroatoms. The number of nitrogens with two attached hydrogens (primary N) is 1. The third-order valence-corrected chi connectivity index (χ3v) is 5.99. The fraction of sp³-hybridized carbons (Fsp3) is 0.273. The first-order chi connectivity index (χ1) is 15.9. The summed E-state index contributed by atoms with van der Waals surface area (Å²) in [6.07, 6.45) is 9.25. The Bertz CT molecular complexity index is 1280. The zero-order valence-electron chi connectivity index (χ0n) is 17.2. The number of halogens is 4. The normalized spacial score (nSPS) is 14.7. The molecular formula is C22H19ClF3N7. The molecule has 1 fully saturated rings. The molecule has 2 N–H and O–H groups in total. The van der Waals surface area contributed by atoms with E-state index in [0.29, 0.717) is 27.5 Å². The molecule has 1 saturated carbocycles. The Morgan fingerprint density at radius 3 is 2.55 bits per heavy atom. The van der Waals surface area contributed by atoms with E-state index in [2.05, 4.69) is 20.3 Å². The third kappa shape index (κ3) is 4.30. The number of pyridine rings is 1. The lowest BCUT2D eigenvalue weighted by atomic mass is 10.0. The van der Waals surface area contributed by atoms with E-state index < -0.39 is 12.4 Å². The molecule has 1 atom stereocenters. The van der Waals surface area contributed by atoms with Gasteiger partial charge in [0.15, 0.2) is 5.82 Å². The first-order valence-electron chi connectivity index (χ1n) is 10.3. The van der Waals surface area contributed by atoms with Crippen LogP contribution in [0.5, 0.6) is 0 Å². The van der Waals surface area contributed by atoms with Crippen LogP contribution in [0.25, 0.3) is 22.4 Å². The van der Waals surface area contributed by atoms with Crippen molar-refractivity contribution in [2.75, 3.05) is 5.73 Å². The van der Waals surface area contributed by atoms with Gasteiger partial charge in [-0.2, -0.15) is 19.0 Å². The van der Waals surface area contributed by atoms with Gasteiger partial charge in [0.2, 0.25) is 0 Å². The van der Waals surface area contributed by atoms with Gasteiger partial charge in [-0.15, -0.1) is 9.90 Å². The van der Waals surface area contributed by atoms with Crippen molar-refractivity contribution in [3.8, 4) is 22.4 Å². The molecule has 0 radical (unpaired) electrons. The smallest absolute Gasteiger partial charge is 0.348 e. The maximum atomic E-state index is 14.6. The van der Waals surface area contributed by atoms with E-state index in [1.807, 2.05) is 6.07 Å². The number of hydrogen-bond donors (Lipinski definition) is 1. The van der Waals surface area contributed by atoms with Crippen LogP contribution in [0.15, 0.2) is 49.1 Å². The Labute approximate surface area is 192 Å². The van der Waals surface area contributed by atoms with E-state index in [1.165, 1.54) is 12.3 Å². The van der Waals surface area contributed by atoms with Gasteiger partial charge in [0, 0.05) is 34.8 Å². The summed E-state index contributed by atoms with van der Waals surface area (Å²) < 4.78 is 41.9. The molecular weight excluding hydrogens is 455 g/mol. The predicted octanol–water partition coefficient (Wildman–Crippen LogP) is 5.36. The van der Waals surface area contributed by atoms with Crippen LogP contribution in [-0.4, -0.2) is 29.8 Å². The van der Waals surface area contributed by atoms with E-state index in [0.717, 1.165) is 25.0 Å². The van der Waals surface area contributed by atoms with Crippen LogP contribution in [0, 0.1) is 11.7 Å². The summed E-state index contributed by atoms with van der Waals surface area (Å²) in [6, 6.07) is 6.37. The minimum Gasteiger partial charge on any atom is -0.398 e. The SMILES string of the molecule is Nc1ccc(Cl)c(F)c1-c1ccc(C(CC2CC2)n2cc(-c3cnn(C(F)F)n3)cn2)nc1. The maximum absolute atomic E-state index is 14.6. The highest BCUT2D eigenvalue weighted by Crippen LogP contribution is 2.40. The van der Waals surface area contributed by atoms with Crippen molar-refractivity contribution in [3.05, 3.63) is 65.6 Å². The fourth-order valence-corrected chi connectivity index (χ4v) is 3.94. The highest BCUT2D eigenvalue weighted by molar-refractivity contribution is 6.31. The molecule has 1 unspecified atom stereocenters. The summed E-state index contributed by atoms with van der Waals surface area (Å²) in [5, 5.41) is 11.8. The standard InChI is InChI=1S/C22H19ClF3N7/c23-15-4-5-16(27)20(21(15)24)13-3-6-17(28-8-13)19(7-12-1-2-12)32-11-14(9-29-32)18-10-30-33(31-18)22(25)26/h3-6,8-12,19,22H,1-2,7,27H2. The highest BCUT2D eigenvalue weighted by atomic mass is 35.5. The van der Waals surface area contributed by atoms with Crippen molar-refractivity contribution in [2.45, 2.75) is 31.9 Å². The van der Waals surface area contributed by atoms with Gasteiger partial charge in [0.05, 0.1) is 29.2 Å². The monoisotopic (exact) mass is 473 g/mol. The van der Waals surface area contributed by atoms with Gasteiger partial charge in [0.1, 0.15) is 5.69 Å². The lowest BCUT2D eigenvalue weighted by molar-refractivity contribution is 0.0415. The Morgan fingerprint density at radius 1 is 1.06 bits per heavy atom. The zero-order valence-corrected chi connectivity index (χ0v) is 18.0. The second-order valence-electron chi connectivity index (χ2n) is 8.03. The highest BCUT2D eigenvalue weighted by Gasteiger charge is 2.29. The Balaban J connectivity index is 1.45. The molecule has 7 nitrogen and oxygen atoms in total. The van der Waals surface area contributed by atoms with Gasteiger partial charge < -0.3 is 5.73 Å². The van der Waals surface area contributed by atoms with Crippen molar-refractivity contribution in [2.24, 2.45) is 5.92 Å². The van der Waals surface area contributed by atoms with Gasteiger partial charge in [-0.25, -0.2) is 4.39 Å².